The minimum absolute atomic E-state index is 0.223. The van der Waals surface area contributed by atoms with Gasteiger partial charge in [-0.3, -0.25) is 19.8 Å². The molecule has 1 rings (SSSR count). The van der Waals surface area contributed by atoms with E-state index in [9.17, 15) is 14.4 Å². The normalized spacial score (nSPS) is 24.9. The molecule has 0 aromatic heterocycles. The van der Waals surface area contributed by atoms with Crippen LogP contribution in [0.25, 0.3) is 0 Å². The average molecular weight is 227 g/mol. The molecule has 1 heterocycles. The molecule has 0 spiro atoms. The van der Waals surface area contributed by atoms with E-state index in [0.717, 1.165) is 0 Å². The van der Waals surface area contributed by atoms with Gasteiger partial charge in [-0.05, 0) is 27.7 Å². The van der Waals surface area contributed by atoms with Gasteiger partial charge in [0, 0.05) is 12.6 Å². The Morgan fingerprint density at radius 3 is 2.50 bits per heavy atom. The van der Waals surface area contributed by atoms with Gasteiger partial charge < -0.3 is 5.32 Å². The van der Waals surface area contributed by atoms with Crippen molar-refractivity contribution < 1.29 is 14.4 Å². The highest BCUT2D eigenvalue weighted by Crippen LogP contribution is 2.24. The predicted molar refractivity (Wildman–Crippen MR) is 57.6 cm³/mol. The summed E-state index contributed by atoms with van der Waals surface area (Å²) in [6, 6.07) is -0.743. The maximum absolute atomic E-state index is 11.9. The van der Waals surface area contributed by atoms with Crippen molar-refractivity contribution in [2.45, 2.75) is 39.3 Å². The maximum Gasteiger partial charge on any atom is 0.325 e. The molecule has 6 heteroatoms. The van der Waals surface area contributed by atoms with Gasteiger partial charge in [-0.1, -0.05) is 0 Å². The minimum atomic E-state index is -1.44. The van der Waals surface area contributed by atoms with Gasteiger partial charge >= 0.3 is 6.03 Å². The highest BCUT2D eigenvalue weighted by Gasteiger charge is 2.55. The van der Waals surface area contributed by atoms with E-state index in [1.807, 2.05) is 0 Å². The van der Waals surface area contributed by atoms with E-state index in [2.05, 4.69) is 10.6 Å². The lowest BCUT2D eigenvalue weighted by atomic mass is 9.98. The summed E-state index contributed by atoms with van der Waals surface area (Å²) in [6.07, 6.45) is 0. The van der Waals surface area contributed by atoms with Gasteiger partial charge in [-0.15, -0.1) is 0 Å². The van der Waals surface area contributed by atoms with Crippen LogP contribution >= 0.6 is 0 Å². The average Bonchev–Trinajstić information content (AvgIpc) is 2.38. The lowest BCUT2D eigenvalue weighted by molar-refractivity contribution is -0.140. The van der Waals surface area contributed by atoms with Crippen LogP contribution in [-0.2, 0) is 9.59 Å². The lowest BCUT2D eigenvalue weighted by Crippen LogP contribution is -2.59. The molecule has 90 valence electrons. The number of hydrogen-bond donors (Lipinski definition) is 2. The Balaban J connectivity index is 3.10. The zero-order valence-corrected chi connectivity index (χ0v) is 9.96. The van der Waals surface area contributed by atoms with Crippen LogP contribution in [-0.4, -0.2) is 40.9 Å². The summed E-state index contributed by atoms with van der Waals surface area (Å²) in [6.45, 7) is 7.15. The van der Waals surface area contributed by atoms with Crippen molar-refractivity contribution in [3.05, 3.63) is 0 Å². The fourth-order valence-electron chi connectivity index (χ4n) is 1.89. The topological polar surface area (TPSA) is 78.5 Å². The van der Waals surface area contributed by atoms with Crippen LogP contribution in [0, 0.1) is 0 Å². The molecule has 1 saturated heterocycles. The number of likely N-dealkylation sites (N-methyl/N-ethyl adjacent to an activating group) is 1. The monoisotopic (exact) mass is 227 g/mol. The number of hydrogen-bond acceptors (Lipinski definition) is 3. The molecule has 6 nitrogen and oxygen atoms in total. The summed E-state index contributed by atoms with van der Waals surface area (Å²) in [5.74, 6) is -1.02. The number of carbonyl (C=O) groups excluding carboxylic acids is 3. The van der Waals surface area contributed by atoms with Crippen molar-refractivity contribution >= 4 is 17.8 Å². The van der Waals surface area contributed by atoms with Gasteiger partial charge in [-0.25, -0.2) is 4.79 Å². The van der Waals surface area contributed by atoms with E-state index in [1.165, 1.54) is 11.8 Å². The Hall–Kier alpha value is -1.59. The van der Waals surface area contributed by atoms with Crippen molar-refractivity contribution in [2.75, 3.05) is 6.54 Å². The molecule has 0 saturated carbocycles. The van der Waals surface area contributed by atoms with Gasteiger partial charge in [0.15, 0.2) is 5.54 Å². The first-order valence-electron chi connectivity index (χ1n) is 5.28. The number of carbonyl (C=O) groups is 3. The first kappa shape index (κ1) is 12.5. The fourth-order valence-corrected chi connectivity index (χ4v) is 1.89. The summed E-state index contributed by atoms with van der Waals surface area (Å²) in [7, 11) is 0. The van der Waals surface area contributed by atoms with Crippen LogP contribution in [0.2, 0.25) is 0 Å². The van der Waals surface area contributed by atoms with Crippen LogP contribution in [0.5, 0.6) is 0 Å². The van der Waals surface area contributed by atoms with Crippen LogP contribution < -0.4 is 10.6 Å². The Labute approximate surface area is 94.4 Å². The molecule has 2 N–H and O–H groups in total. The molecule has 1 atom stereocenters. The van der Waals surface area contributed by atoms with Crippen molar-refractivity contribution in [3.8, 4) is 0 Å². The fraction of sp³-hybridized carbons (Fsp3) is 0.700. The number of nitrogens with one attached hydrogen (secondary N) is 2. The van der Waals surface area contributed by atoms with Gasteiger partial charge in [-0.2, -0.15) is 0 Å². The highest BCUT2D eigenvalue weighted by molar-refractivity contribution is 6.19. The smallest absolute Gasteiger partial charge is 0.325 e. The second kappa shape index (κ2) is 4.11. The quantitative estimate of drug-likeness (QED) is 0.519. The van der Waals surface area contributed by atoms with Crippen LogP contribution in [0.1, 0.15) is 27.7 Å². The van der Waals surface area contributed by atoms with Gasteiger partial charge in [0.1, 0.15) is 0 Å². The number of nitrogens with zero attached hydrogens (tertiary/aromatic N) is 1. The molecule has 4 amide bonds. The van der Waals surface area contributed by atoms with Crippen molar-refractivity contribution in [1.29, 1.82) is 0 Å². The SMILES string of the molecule is CCNC(=O)C1(C)C(=O)NC(=O)N1C(C)C. The molecule has 0 bridgehead atoms. The molecule has 16 heavy (non-hydrogen) atoms. The second-order valence-corrected chi connectivity index (χ2v) is 4.15. The largest absolute Gasteiger partial charge is 0.354 e. The number of rotatable bonds is 3. The zero-order chi connectivity index (χ0) is 12.5. The van der Waals surface area contributed by atoms with E-state index >= 15 is 0 Å². The van der Waals surface area contributed by atoms with Crippen molar-refractivity contribution in [1.82, 2.24) is 15.5 Å². The van der Waals surface area contributed by atoms with Gasteiger partial charge in [0.25, 0.3) is 11.8 Å². The van der Waals surface area contributed by atoms with E-state index in [0.29, 0.717) is 6.54 Å². The Morgan fingerprint density at radius 2 is 2.06 bits per heavy atom. The standard InChI is InChI=1S/C10H17N3O3/c1-5-11-7(14)10(4)8(15)12-9(16)13(10)6(2)3/h6H,5H2,1-4H3,(H,11,14)(H,12,15,16). The molecular weight excluding hydrogens is 210 g/mol. The van der Waals surface area contributed by atoms with E-state index in [1.54, 1.807) is 20.8 Å². The zero-order valence-electron chi connectivity index (χ0n) is 9.96. The molecule has 1 unspecified atom stereocenters. The third-order valence-electron chi connectivity index (χ3n) is 2.66. The summed E-state index contributed by atoms with van der Waals surface area (Å²) in [5.41, 5.74) is -1.44. The molecule has 1 aliphatic heterocycles. The minimum Gasteiger partial charge on any atom is -0.354 e. The Bertz CT molecular complexity index is 340. The Kier molecular flexibility index (Phi) is 3.21. The molecule has 0 aliphatic carbocycles. The van der Waals surface area contributed by atoms with Gasteiger partial charge in [0.05, 0.1) is 0 Å². The van der Waals surface area contributed by atoms with Crippen molar-refractivity contribution in [2.24, 2.45) is 0 Å². The summed E-state index contributed by atoms with van der Waals surface area (Å²) in [4.78, 5) is 36.4. The van der Waals surface area contributed by atoms with Crippen LogP contribution in [0.15, 0.2) is 0 Å². The molecule has 0 aromatic rings. The number of amides is 4. The highest BCUT2D eigenvalue weighted by atomic mass is 16.2. The Morgan fingerprint density at radius 1 is 1.50 bits per heavy atom. The lowest BCUT2D eigenvalue weighted by Gasteiger charge is -2.33. The van der Waals surface area contributed by atoms with Crippen molar-refractivity contribution in [3.63, 3.8) is 0 Å². The molecular formula is C10H17N3O3. The molecule has 0 aromatic carbocycles. The summed E-state index contributed by atoms with van der Waals surface area (Å²) < 4.78 is 0. The van der Waals surface area contributed by atoms with E-state index < -0.39 is 23.4 Å². The third-order valence-corrected chi connectivity index (χ3v) is 2.66. The molecule has 1 aliphatic rings. The van der Waals surface area contributed by atoms with Crippen LogP contribution in [0.4, 0.5) is 4.79 Å². The second-order valence-electron chi connectivity index (χ2n) is 4.15. The summed E-state index contributed by atoms with van der Waals surface area (Å²) >= 11 is 0. The van der Waals surface area contributed by atoms with Crippen LogP contribution in [0.3, 0.4) is 0 Å². The molecule has 1 fully saturated rings. The third kappa shape index (κ3) is 1.64. The van der Waals surface area contributed by atoms with E-state index in [4.69, 9.17) is 0 Å². The maximum atomic E-state index is 11.9. The molecule has 0 radical (unpaired) electrons. The van der Waals surface area contributed by atoms with E-state index in [-0.39, 0.29) is 6.04 Å². The predicted octanol–water partition coefficient (Wildman–Crippen LogP) is -0.159. The first-order chi connectivity index (χ1) is 7.35. The summed E-state index contributed by atoms with van der Waals surface area (Å²) in [5, 5.41) is 4.74. The van der Waals surface area contributed by atoms with Gasteiger partial charge in [0.2, 0.25) is 0 Å². The first-order valence-corrected chi connectivity index (χ1v) is 5.28. The number of urea groups is 1. The number of imide groups is 1.